The average Bonchev–Trinajstić information content (AvgIpc) is 2.37. The van der Waals surface area contributed by atoms with E-state index in [9.17, 15) is 13.6 Å². The molecule has 0 heterocycles. The summed E-state index contributed by atoms with van der Waals surface area (Å²) in [6.07, 6.45) is 0. The summed E-state index contributed by atoms with van der Waals surface area (Å²) in [7, 11) is 0. The van der Waals surface area contributed by atoms with Crippen molar-refractivity contribution in [2.45, 2.75) is 25.0 Å². The predicted octanol–water partition coefficient (Wildman–Crippen LogP) is 4.77. The number of ether oxygens (including phenoxy) is 1. The maximum atomic E-state index is 14.2. The molecule has 0 radical (unpaired) electrons. The average molecular weight is 383 g/mol. The van der Waals surface area contributed by atoms with Crippen molar-refractivity contribution >= 4 is 50.1 Å². The fraction of sp³-hybridized carbons (Fsp3) is 0.385. The summed E-state index contributed by atoms with van der Waals surface area (Å²) in [5, 5.41) is -1.40. The highest BCUT2D eigenvalue weighted by molar-refractivity contribution is 9.10. The summed E-state index contributed by atoms with van der Waals surface area (Å²) in [5.74, 6) is -5.18. The van der Waals surface area contributed by atoms with Gasteiger partial charge in [-0.25, -0.2) is 4.79 Å². The van der Waals surface area contributed by atoms with Gasteiger partial charge in [-0.3, -0.25) is 0 Å². The number of esters is 1. The predicted molar refractivity (Wildman–Crippen MR) is 84.3 cm³/mol. The molecule has 1 unspecified atom stereocenters. The Morgan fingerprint density at radius 3 is 2.45 bits per heavy atom. The third kappa shape index (κ3) is 4.49. The standard InChI is InChI=1S/C13H13BrF2O2S2/c1-3-18-12(17)13(15,16)11(20-8(2)19)9-4-6-10(14)7-5-9/h4-7,11H,3H2,1-2H3. The maximum absolute atomic E-state index is 14.2. The van der Waals surface area contributed by atoms with Crippen LogP contribution < -0.4 is 0 Å². The molecule has 0 amide bonds. The molecule has 0 spiro atoms. The van der Waals surface area contributed by atoms with Gasteiger partial charge in [0.05, 0.1) is 6.61 Å². The number of thioether (sulfide) groups is 1. The maximum Gasteiger partial charge on any atom is 0.378 e. The molecule has 2 nitrogen and oxygen atoms in total. The molecule has 0 aromatic heterocycles. The number of alkyl halides is 2. The summed E-state index contributed by atoms with van der Waals surface area (Å²) >= 11 is 8.91. The smallest absolute Gasteiger partial charge is 0.378 e. The summed E-state index contributed by atoms with van der Waals surface area (Å²) in [6.45, 7) is 2.94. The van der Waals surface area contributed by atoms with Crippen LogP contribution in [-0.4, -0.2) is 22.7 Å². The Kier molecular flexibility index (Phi) is 6.54. The van der Waals surface area contributed by atoms with Crippen molar-refractivity contribution in [3.05, 3.63) is 34.3 Å². The minimum Gasteiger partial charge on any atom is -0.462 e. The van der Waals surface area contributed by atoms with Crippen molar-refractivity contribution in [1.29, 1.82) is 0 Å². The lowest BCUT2D eigenvalue weighted by Crippen LogP contribution is -2.36. The first-order chi connectivity index (χ1) is 9.28. The van der Waals surface area contributed by atoms with E-state index in [0.29, 0.717) is 9.76 Å². The zero-order valence-corrected chi connectivity index (χ0v) is 14.1. The molecule has 1 aromatic carbocycles. The van der Waals surface area contributed by atoms with E-state index in [0.717, 1.165) is 16.2 Å². The van der Waals surface area contributed by atoms with Gasteiger partial charge in [0.15, 0.2) is 0 Å². The molecule has 0 fully saturated rings. The van der Waals surface area contributed by atoms with E-state index in [1.807, 2.05) is 0 Å². The van der Waals surface area contributed by atoms with E-state index >= 15 is 0 Å². The van der Waals surface area contributed by atoms with Gasteiger partial charge in [-0.2, -0.15) is 8.78 Å². The van der Waals surface area contributed by atoms with Crippen LogP contribution in [-0.2, 0) is 9.53 Å². The van der Waals surface area contributed by atoms with Gasteiger partial charge in [0.25, 0.3) is 0 Å². The molecule has 0 saturated heterocycles. The summed E-state index contributed by atoms with van der Waals surface area (Å²) < 4.78 is 34.1. The normalized spacial score (nSPS) is 12.8. The van der Waals surface area contributed by atoms with Crippen LogP contribution in [0.2, 0.25) is 0 Å². The molecule has 7 heteroatoms. The van der Waals surface area contributed by atoms with Crippen LogP contribution in [0, 0.1) is 0 Å². The van der Waals surface area contributed by atoms with Gasteiger partial charge in [-0.05, 0) is 31.5 Å². The molecule has 1 rings (SSSR count). The molecular formula is C13H13BrF2O2S2. The Morgan fingerprint density at radius 2 is 2.00 bits per heavy atom. The molecule has 0 saturated carbocycles. The van der Waals surface area contributed by atoms with E-state index in [1.165, 1.54) is 19.1 Å². The van der Waals surface area contributed by atoms with Crippen molar-refractivity contribution in [3.8, 4) is 0 Å². The molecule has 1 atom stereocenters. The number of carbonyl (C=O) groups is 1. The number of hydrogen-bond donors (Lipinski definition) is 0. The second-order valence-electron chi connectivity index (χ2n) is 3.88. The van der Waals surface area contributed by atoms with Crippen LogP contribution in [0.5, 0.6) is 0 Å². The quantitative estimate of drug-likeness (QED) is 0.541. The van der Waals surface area contributed by atoms with Crippen molar-refractivity contribution in [2.75, 3.05) is 6.61 Å². The van der Waals surface area contributed by atoms with Crippen molar-refractivity contribution in [2.24, 2.45) is 0 Å². The Bertz CT molecular complexity index is 492. The van der Waals surface area contributed by atoms with Gasteiger partial charge in [-0.15, -0.1) is 11.8 Å². The zero-order valence-electron chi connectivity index (χ0n) is 10.9. The molecule has 0 N–H and O–H groups in total. The van der Waals surface area contributed by atoms with Crippen LogP contribution in [0.15, 0.2) is 28.7 Å². The second-order valence-corrected chi connectivity index (χ2v) is 6.99. The zero-order chi connectivity index (χ0) is 15.3. The SMILES string of the molecule is CCOC(=O)C(F)(F)C(SC(C)=S)c1ccc(Br)cc1. The van der Waals surface area contributed by atoms with Crippen molar-refractivity contribution in [1.82, 2.24) is 0 Å². The fourth-order valence-electron chi connectivity index (χ4n) is 1.49. The van der Waals surface area contributed by atoms with Gasteiger partial charge in [0.2, 0.25) is 0 Å². The lowest BCUT2D eigenvalue weighted by Gasteiger charge is -2.24. The fourth-order valence-corrected chi connectivity index (χ4v) is 2.91. The molecule has 20 heavy (non-hydrogen) atoms. The first-order valence-corrected chi connectivity index (χ1v) is 7.84. The number of carbonyl (C=O) groups excluding carboxylic acids is 1. The lowest BCUT2D eigenvalue weighted by molar-refractivity contribution is -0.171. The van der Waals surface area contributed by atoms with Gasteiger partial charge in [0, 0.05) is 8.67 Å². The Morgan fingerprint density at radius 1 is 1.45 bits per heavy atom. The number of benzene rings is 1. The van der Waals surface area contributed by atoms with Crippen molar-refractivity contribution < 1.29 is 18.3 Å². The van der Waals surface area contributed by atoms with E-state index in [4.69, 9.17) is 12.2 Å². The van der Waals surface area contributed by atoms with Crippen molar-refractivity contribution in [3.63, 3.8) is 0 Å². The van der Waals surface area contributed by atoms with Gasteiger partial charge < -0.3 is 4.74 Å². The van der Waals surface area contributed by atoms with E-state index in [1.54, 1.807) is 19.1 Å². The molecule has 1 aromatic rings. The molecule has 110 valence electrons. The van der Waals surface area contributed by atoms with E-state index in [-0.39, 0.29) is 6.61 Å². The third-order valence-electron chi connectivity index (χ3n) is 2.33. The number of hydrogen-bond acceptors (Lipinski definition) is 4. The highest BCUT2D eigenvalue weighted by atomic mass is 79.9. The lowest BCUT2D eigenvalue weighted by atomic mass is 10.1. The minimum absolute atomic E-state index is 0.0945. The highest BCUT2D eigenvalue weighted by Crippen LogP contribution is 2.44. The number of rotatable bonds is 5. The molecular weight excluding hydrogens is 370 g/mol. The van der Waals surface area contributed by atoms with Crippen LogP contribution >= 0.6 is 39.9 Å². The summed E-state index contributed by atoms with van der Waals surface area (Å²) in [5.41, 5.74) is 0.320. The van der Waals surface area contributed by atoms with E-state index < -0.39 is 17.1 Å². The Hall–Kier alpha value is -0.530. The number of thiocarbonyl (C=S) groups is 1. The molecule has 0 bridgehead atoms. The topological polar surface area (TPSA) is 26.3 Å². The largest absolute Gasteiger partial charge is 0.462 e. The van der Waals surface area contributed by atoms with Gasteiger partial charge in [-0.1, -0.05) is 40.3 Å². The van der Waals surface area contributed by atoms with Crippen LogP contribution in [0.25, 0.3) is 0 Å². The first-order valence-electron chi connectivity index (χ1n) is 5.76. The molecule has 0 aliphatic rings. The van der Waals surface area contributed by atoms with Crippen LogP contribution in [0.3, 0.4) is 0 Å². The number of halogens is 3. The van der Waals surface area contributed by atoms with Crippen LogP contribution in [0.4, 0.5) is 8.78 Å². The Balaban J connectivity index is 3.14. The highest BCUT2D eigenvalue weighted by Gasteiger charge is 2.50. The first kappa shape index (κ1) is 17.5. The van der Waals surface area contributed by atoms with Gasteiger partial charge in [0.1, 0.15) is 5.25 Å². The minimum atomic E-state index is -3.64. The summed E-state index contributed by atoms with van der Waals surface area (Å²) in [6, 6.07) is 6.35. The molecule has 0 aliphatic carbocycles. The Labute approximate surface area is 134 Å². The second kappa shape index (κ2) is 7.47. The van der Waals surface area contributed by atoms with Crippen LogP contribution in [0.1, 0.15) is 24.7 Å². The van der Waals surface area contributed by atoms with E-state index in [2.05, 4.69) is 20.7 Å². The molecule has 0 aliphatic heterocycles. The third-order valence-corrected chi connectivity index (χ3v) is 4.29. The summed E-state index contributed by atoms with van der Waals surface area (Å²) in [4.78, 5) is 11.5. The van der Waals surface area contributed by atoms with Gasteiger partial charge >= 0.3 is 11.9 Å². The monoisotopic (exact) mass is 382 g/mol.